The molecule has 5 aromatic rings. The average Bonchev–Trinajstić information content (AvgIpc) is 3.05. The molecular weight excluding hydrogens is 538 g/mol. The molecule has 2 atom stereocenters. The Kier molecular flexibility index (Phi) is 7.60. The van der Waals surface area contributed by atoms with Gasteiger partial charge < -0.3 is 0 Å². The Bertz CT molecular complexity index is 1820. The lowest BCUT2D eigenvalue weighted by atomic mass is 9.78. The van der Waals surface area contributed by atoms with Crippen molar-refractivity contribution in [3.05, 3.63) is 168 Å². The molecule has 0 spiro atoms. The summed E-state index contributed by atoms with van der Waals surface area (Å²) in [5.41, 5.74) is 5.99. The van der Waals surface area contributed by atoms with Gasteiger partial charge in [0, 0.05) is 18.0 Å². The molecule has 0 aliphatic carbocycles. The molecule has 0 saturated carbocycles. The van der Waals surface area contributed by atoms with Crippen LogP contribution in [0.1, 0.15) is 33.0 Å². The molecule has 5 heteroatoms. The predicted molar refractivity (Wildman–Crippen MR) is 168 cm³/mol. The first-order valence-electron chi connectivity index (χ1n) is 14.0. The molecule has 1 aliphatic heterocycles. The first-order chi connectivity index (χ1) is 20.4. The monoisotopic (exact) mass is 569 g/mol. The molecule has 6 rings (SSSR count). The van der Waals surface area contributed by atoms with E-state index in [9.17, 15) is 13.2 Å². The van der Waals surface area contributed by atoms with Crippen molar-refractivity contribution in [2.75, 3.05) is 6.54 Å². The number of rotatable bonds is 7. The lowest BCUT2D eigenvalue weighted by Crippen LogP contribution is -2.42. The van der Waals surface area contributed by atoms with Crippen LogP contribution in [-0.4, -0.2) is 25.1 Å². The van der Waals surface area contributed by atoms with E-state index >= 15 is 0 Å². The van der Waals surface area contributed by atoms with Crippen LogP contribution in [0.25, 0.3) is 16.8 Å². The largest absolute Gasteiger partial charge is 0.294 e. The highest BCUT2D eigenvalue weighted by molar-refractivity contribution is 7.89. The summed E-state index contributed by atoms with van der Waals surface area (Å²) >= 11 is 0. The molecule has 208 valence electrons. The molecule has 42 heavy (non-hydrogen) atoms. The summed E-state index contributed by atoms with van der Waals surface area (Å²) in [6.07, 6.45) is 1.97. The molecule has 0 aromatic heterocycles. The van der Waals surface area contributed by atoms with Gasteiger partial charge in [-0.15, -0.1) is 0 Å². The molecule has 0 N–H and O–H groups in total. The SMILES string of the molecule is Cc1ccc(S(=O)(=O)N2CC(C(=O)c3ccccc3)C(c3ccccc3)C=C2c2ccc(-c3ccccc3)cc2)cc1. The van der Waals surface area contributed by atoms with Gasteiger partial charge in [0.15, 0.2) is 5.78 Å². The van der Waals surface area contributed by atoms with Gasteiger partial charge in [0.1, 0.15) is 0 Å². The minimum absolute atomic E-state index is 0.0236. The van der Waals surface area contributed by atoms with E-state index in [0.29, 0.717) is 11.3 Å². The fraction of sp³-hybridized carbons (Fsp3) is 0.108. The quantitative estimate of drug-likeness (QED) is 0.187. The summed E-state index contributed by atoms with van der Waals surface area (Å²) in [5, 5.41) is 0. The molecule has 0 radical (unpaired) electrons. The first-order valence-corrected chi connectivity index (χ1v) is 15.5. The van der Waals surface area contributed by atoms with Crippen LogP contribution in [-0.2, 0) is 10.0 Å². The van der Waals surface area contributed by atoms with Crippen molar-refractivity contribution in [3.63, 3.8) is 0 Å². The number of benzene rings is 5. The highest BCUT2D eigenvalue weighted by atomic mass is 32.2. The van der Waals surface area contributed by atoms with Gasteiger partial charge in [-0.2, -0.15) is 0 Å². The number of aryl methyl sites for hydroxylation is 1. The number of hydrogen-bond donors (Lipinski definition) is 0. The molecule has 0 amide bonds. The van der Waals surface area contributed by atoms with Crippen molar-refractivity contribution in [1.29, 1.82) is 0 Å². The van der Waals surface area contributed by atoms with Crippen molar-refractivity contribution in [1.82, 2.24) is 4.31 Å². The zero-order valence-corrected chi connectivity index (χ0v) is 24.1. The summed E-state index contributed by atoms with van der Waals surface area (Å²) < 4.78 is 30.0. The van der Waals surface area contributed by atoms with Crippen LogP contribution in [0.4, 0.5) is 0 Å². The summed E-state index contributed by atoms with van der Waals surface area (Å²) in [6, 6.07) is 43.9. The van der Waals surface area contributed by atoms with Gasteiger partial charge in [-0.1, -0.05) is 139 Å². The second kappa shape index (κ2) is 11.6. The number of allylic oxidation sites excluding steroid dienone is 1. The Morgan fingerprint density at radius 1 is 0.643 bits per heavy atom. The number of sulfonamides is 1. The van der Waals surface area contributed by atoms with Gasteiger partial charge in [0.05, 0.1) is 16.5 Å². The molecule has 1 aliphatic rings. The minimum atomic E-state index is -3.98. The summed E-state index contributed by atoms with van der Waals surface area (Å²) in [5.74, 6) is -1.00. The number of hydrogen-bond acceptors (Lipinski definition) is 3. The fourth-order valence-electron chi connectivity index (χ4n) is 5.60. The van der Waals surface area contributed by atoms with Crippen molar-refractivity contribution in [2.45, 2.75) is 17.7 Å². The van der Waals surface area contributed by atoms with Crippen LogP contribution >= 0.6 is 0 Å². The molecule has 0 saturated heterocycles. The Hall–Kier alpha value is -4.74. The number of carbonyl (C=O) groups is 1. The van der Waals surface area contributed by atoms with Crippen LogP contribution in [0.15, 0.2) is 150 Å². The second-order valence-corrected chi connectivity index (χ2v) is 12.5. The zero-order chi connectivity index (χ0) is 29.1. The molecule has 5 aromatic carbocycles. The third kappa shape index (κ3) is 5.44. The van der Waals surface area contributed by atoms with E-state index in [2.05, 4.69) is 0 Å². The van der Waals surface area contributed by atoms with Crippen molar-refractivity contribution < 1.29 is 13.2 Å². The van der Waals surface area contributed by atoms with E-state index in [-0.39, 0.29) is 23.1 Å². The summed E-state index contributed by atoms with van der Waals surface area (Å²) in [6.45, 7) is 1.95. The van der Waals surface area contributed by atoms with Crippen LogP contribution in [0.2, 0.25) is 0 Å². The van der Waals surface area contributed by atoms with Crippen LogP contribution in [0.3, 0.4) is 0 Å². The number of carbonyl (C=O) groups excluding carboxylic acids is 1. The molecule has 4 nitrogen and oxygen atoms in total. The van der Waals surface area contributed by atoms with Crippen LogP contribution < -0.4 is 0 Å². The zero-order valence-electron chi connectivity index (χ0n) is 23.3. The molecule has 1 heterocycles. The Morgan fingerprint density at radius 2 is 1.17 bits per heavy atom. The summed E-state index contributed by atoms with van der Waals surface area (Å²) in [4.78, 5) is 14.2. The van der Waals surface area contributed by atoms with E-state index in [1.165, 1.54) is 4.31 Å². The predicted octanol–water partition coefficient (Wildman–Crippen LogP) is 7.99. The maximum absolute atomic E-state index is 14.3. The number of Topliss-reactive ketones (excluding diaryl/α,β-unsaturated/α-hetero) is 1. The molecule has 0 fully saturated rings. The van der Waals surface area contributed by atoms with Gasteiger partial charge in [0.2, 0.25) is 0 Å². The van der Waals surface area contributed by atoms with Crippen LogP contribution in [0.5, 0.6) is 0 Å². The Balaban J connectivity index is 1.51. The van der Waals surface area contributed by atoms with Crippen molar-refractivity contribution >= 4 is 21.5 Å². The lowest BCUT2D eigenvalue weighted by molar-refractivity contribution is 0.0896. The topological polar surface area (TPSA) is 54.5 Å². The standard InChI is InChI=1S/C37H31NO3S/c1-27-17-23-33(24-18-27)42(40,41)38-26-35(37(39)32-15-9-4-10-16-32)34(30-13-7-3-8-14-30)25-36(38)31-21-19-29(20-22-31)28-11-5-2-6-12-28/h2-25,34-35H,26H2,1H3. The number of nitrogens with zero attached hydrogens (tertiary/aromatic N) is 1. The smallest absolute Gasteiger partial charge is 0.264 e. The highest BCUT2D eigenvalue weighted by Gasteiger charge is 2.40. The molecular formula is C37H31NO3S. The molecule has 2 unspecified atom stereocenters. The summed E-state index contributed by atoms with van der Waals surface area (Å²) in [7, 11) is -3.98. The second-order valence-electron chi connectivity index (χ2n) is 10.6. The average molecular weight is 570 g/mol. The van der Waals surface area contributed by atoms with Crippen LogP contribution in [0, 0.1) is 12.8 Å². The number of ketones is 1. The molecule has 0 bridgehead atoms. The maximum Gasteiger partial charge on any atom is 0.264 e. The van der Waals surface area contributed by atoms with Crippen molar-refractivity contribution in [3.8, 4) is 11.1 Å². The highest BCUT2D eigenvalue weighted by Crippen LogP contribution is 2.41. The van der Waals surface area contributed by atoms with E-state index in [4.69, 9.17) is 0 Å². The van der Waals surface area contributed by atoms with E-state index < -0.39 is 15.9 Å². The van der Waals surface area contributed by atoms with E-state index in [1.807, 2.05) is 116 Å². The van der Waals surface area contributed by atoms with E-state index in [0.717, 1.165) is 27.8 Å². The fourth-order valence-corrected chi connectivity index (χ4v) is 7.11. The first kappa shape index (κ1) is 27.4. The van der Waals surface area contributed by atoms with Gasteiger partial charge in [-0.05, 0) is 41.3 Å². The van der Waals surface area contributed by atoms with Gasteiger partial charge in [0.25, 0.3) is 10.0 Å². The Morgan fingerprint density at radius 3 is 1.79 bits per heavy atom. The van der Waals surface area contributed by atoms with E-state index in [1.54, 1.807) is 36.4 Å². The van der Waals surface area contributed by atoms with Gasteiger partial charge in [-0.3, -0.25) is 9.10 Å². The van der Waals surface area contributed by atoms with Gasteiger partial charge in [-0.25, -0.2) is 8.42 Å². The Labute approximate surface area is 247 Å². The van der Waals surface area contributed by atoms with Gasteiger partial charge >= 0.3 is 0 Å². The normalized spacial score (nSPS) is 17.0. The minimum Gasteiger partial charge on any atom is -0.294 e. The van der Waals surface area contributed by atoms with Crippen molar-refractivity contribution in [2.24, 2.45) is 5.92 Å². The lowest BCUT2D eigenvalue weighted by Gasteiger charge is -2.38. The third-order valence-electron chi connectivity index (χ3n) is 7.88. The third-order valence-corrected chi connectivity index (χ3v) is 9.67. The maximum atomic E-state index is 14.3.